The normalized spacial score (nSPS) is 12.9. The van der Waals surface area contributed by atoms with Gasteiger partial charge in [0.25, 0.3) is 0 Å². The highest BCUT2D eigenvalue weighted by molar-refractivity contribution is 7.92. The van der Waals surface area contributed by atoms with Gasteiger partial charge < -0.3 is 14.8 Å². The lowest BCUT2D eigenvalue weighted by Gasteiger charge is -2.27. The third kappa shape index (κ3) is 5.28. The first-order chi connectivity index (χ1) is 16.0. The van der Waals surface area contributed by atoms with E-state index >= 15 is 0 Å². The monoisotopic (exact) mass is 466 g/mol. The zero-order valence-corrected chi connectivity index (χ0v) is 19.1. The first kappa shape index (κ1) is 22.7. The van der Waals surface area contributed by atoms with E-state index in [1.807, 2.05) is 60.7 Å². The van der Waals surface area contributed by atoms with E-state index in [1.165, 1.54) is 0 Å². The molecule has 0 spiro atoms. The number of nitrogens with one attached hydrogen (secondary N) is 1. The average molecular weight is 467 g/mol. The largest absolute Gasteiger partial charge is 0.486 e. The van der Waals surface area contributed by atoms with Crippen molar-refractivity contribution in [3.05, 3.63) is 90.0 Å². The van der Waals surface area contributed by atoms with Crippen molar-refractivity contribution in [2.45, 2.75) is 13.0 Å². The molecule has 0 aliphatic carbocycles. The maximum atomic E-state index is 13.2. The predicted octanol–water partition coefficient (Wildman–Crippen LogP) is 3.52. The van der Waals surface area contributed by atoms with E-state index < -0.39 is 22.0 Å². The van der Waals surface area contributed by atoms with Gasteiger partial charge in [-0.2, -0.15) is 0 Å². The summed E-state index contributed by atoms with van der Waals surface area (Å²) in [7, 11) is -3.72. The third-order valence-electron chi connectivity index (χ3n) is 5.37. The Morgan fingerprint density at radius 2 is 1.48 bits per heavy atom. The molecule has 1 heterocycles. The Morgan fingerprint density at radius 1 is 0.909 bits per heavy atom. The minimum Gasteiger partial charge on any atom is -0.486 e. The van der Waals surface area contributed by atoms with Gasteiger partial charge in [-0.1, -0.05) is 60.7 Å². The molecule has 1 amide bonds. The van der Waals surface area contributed by atoms with Crippen LogP contribution in [0.25, 0.3) is 0 Å². The molecule has 172 valence electrons. The van der Waals surface area contributed by atoms with Crippen molar-refractivity contribution in [2.75, 3.05) is 29.8 Å². The van der Waals surface area contributed by atoms with Crippen LogP contribution in [0.15, 0.2) is 78.9 Å². The van der Waals surface area contributed by atoms with Crippen LogP contribution in [0, 0.1) is 0 Å². The van der Waals surface area contributed by atoms with E-state index in [0.29, 0.717) is 30.4 Å². The van der Waals surface area contributed by atoms with Crippen molar-refractivity contribution in [1.29, 1.82) is 0 Å². The minimum atomic E-state index is -3.72. The topological polar surface area (TPSA) is 84.9 Å². The first-order valence-corrected chi connectivity index (χ1v) is 12.4. The van der Waals surface area contributed by atoms with E-state index in [0.717, 1.165) is 15.4 Å². The average Bonchev–Trinajstić information content (AvgIpc) is 2.86. The molecule has 4 rings (SSSR count). The van der Waals surface area contributed by atoms with E-state index in [4.69, 9.17) is 9.47 Å². The number of sulfonamides is 1. The minimum absolute atomic E-state index is 0.143. The lowest BCUT2D eigenvalue weighted by molar-refractivity contribution is -0.120. The standard InChI is InChI=1S/C25H26N2O5S/c1-2-33(29,30)27(21-13-14-22-23(17-21)32-16-15-31-22)18-24(28)26-25(19-9-5-3-6-10-19)20-11-7-4-8-12-20/h3-14,17,25H,2,15-16,18H2,1H3,(H,26,28). The third-order valence-corrected chi connectivity index (χ3v) is 7.11. The Morgan fingerprint density at radius 3 is 2.06 bits per heavy atom. The van der Waals surface area contributed by atoms with Crippen molar-refractivity contribution in [2.24, 2.45) is 0 Å². The summed E-state index contributed by atoms with van der Waals surface area (Å²) >= 11 is 0. The van der Waals surface area contributed by atoms with Gasteiger partial charge in [0.2, 0.25) is 15.9 Å². The number of amides is 1. The van der Waals surface area contributed by atoms with Gasteiger partial charge in [-0.3, -0.25) is 9.10 Å². The molecule has 1 N–H and O–H groups in total. The van der Waals surface area contributed by atoms with Crippen LogP contribution in [0.3, 0.4) is 0 Å². The fourth-order valence-corrected chi connectivity index (χ4v) is 4.74. The molecule has 0 saturated carbocycles. The summed E-state index contributed by atoms with van der Waals surface area (Å²) in [5.41, 5.74) is 2.16. The highest BCUT2D eigenvalue weighted by Gasteiger charge is 2.27. The van der Waals surface area contributed by atoms with Crippen LogP contribution in [-0.2, 0) is 14.8 Å². The van der Waals surface area contributed by atoms with Crippen LogP contribution in [0.4, 0.5) is 5.69 Å². The molecule has 0 bridgehead atoms. The summed E-state index contributed by atoms with van der Waals surface area (Å²) in [4.78, 5) is 13.2. The molecule has 3 aromatic rings. The SMILES string of the molecule is CCS(=O)(=O)N(CC(=O)NC(c1ccccc1)c1ccccc1)c1ccc2c(c1)OCCO2. The Labute approximate surface area is 194 Å². The van der Waals surface area contributed by atoms with Gasteiger partial charge in [0, 0.05) is 6.07 Å². The Bertz CT molecular complexity index is 1160. The smallest absolute Gasteiger partial charge is 0.241 e. The van der Waals surface area contributed by atoms with Gasteiger partial charge in [-0.25, -0.2) is 8.42 Å². The highest BCUT2D eigenvalue weighted by atomic mass is 32.2. The number of benzene rings is 3. The second-order valence-electron chi connectivity index (χ2n) is 7.56. The fraction of sp³-hybridized carbons (Fsp3) is 0.240. The maximum absolute atomic E-state index is 13.2. The molecule has 0 aromatic heterocycles. The summed E-state index contributed by atoms with van der Waals surface area (Å²) < 4.78 is 38.1. The first-order valence-electron chi connectivity index (χ1n) is 10.8. The molecule has 33 heavy (non-hydrogen) atoms. The zero-order valence-electron chi connectivity index (χ0n) is 18.3. The lowest BCUT2D eigenvalue weighted by Crippen LogP contribution is -2.42. The molecule has 1 aliphatic heterocycles. The Balaban J connectivity index is 1.61. The van der Waals surface area contributed by atoms with Crippen molar-refractivity contribution in [3.8, 4) is 11.5 Å². The zero-order chi connectivity index (χ0) is 23.3. The number of ether oxygens (including phenoxy) is 2. The number of carbonyl (C=O) groups excluding carboxylic acids is 1. The molecule has 3 aromatic carbocycles. The van der Waals surface area contributed by atoms with Gasteiger partial charge >= 0.3 is 0 Å². The summed E-state index contributed by atoms with van der Waals surface area (Å²) in [5.74, 6) is 0.452. The molecule has 0 fully saturated rings. The van der Waals surface area contributed by atoms with E-state index in [2.05, 4.69) is 5.32 Å². The molecule has 0 saturated heterocycles. The molecule has 7 nitrogen and oxygen atoms in total. The fourth-order valence-electron chi connectivity index (χ4n) is 3.68. The van der Waals surface area contributed by atoms with Gasteiger partial charge in [-0.05, 0) is 30.2 Å². The summed E-state index contributed by atoms with van der Waals surface area (Å²) in [6.07, 6.45) is 0. The summed E-state index contributed by atoms with van der Waals surface area (Å²) in [5, 5.41) is 3.01. The van der Waals surface area contributed by atoms with Gasteiger partial charge in [0.15, 0.2) is 11.5 Å². The van der Waals surface area contributed by atoms with Crippen molar-refractivity contribution >= 4 is 21.6 Å². The number of rotatable bonds is 8. The number of hydrogen-bond acceptors (Lipinski definition) is 5. The molecule has 8 heteroatoms. The van der Waals surface area contributed by atoms with Gasteiger partial charge in [0.1, 0.15) is 19.8 Å². The highest BCUT2D eigenvalue weighted by Crippen LogP contribution is 2.35. The number of carbonyl (C=O) groups is 1. The summed E-state index contributed by atoms with van der Waals surface area (Å²) in [6.45, 7) is 2.01. The second kappa shape index (κ2) is 9.95. The van der Waals surface area contributed by atoms with Crippen molar-refractivity contribution < 1.29 is 22.7 Å². The quantitative estimate of drug-likeness (QED) is 0.549. The molecular formula is C25H26N2O5S. The van der Waals surface area contributed by atoms with E-state index in [-0.39, 0.29) is 12.3 Å². The number of hydrogen-bond donors (Lipinski definition) is 1. The van der Waals surface area contributed by atoms with Crippen LogP contribution >= 0.6 is 0 Å². The summed E-state index contributed by atoms with van der Waals surface area (Å²) in [6, 6.07) is 23.6. The molecule has 0 atom stereocenters. The number of anilines is 1. The molecule has 0 unspecified atom stereocenters. The molecule has 0 radical (unpaired) electrons. The lowest BCUT2D eigenvalue weighted by atomic mass is 9.99. The molecular weight excluding hydrogens is 440 g/mol. The number of fused-ring (bicyclic) bond motifs is 1. The Kier molecular flexibility index (Phi) is 6.84. The van der Waals surface area contributed by atoms with E-state index in [1.54, 1.807) is 25.1 Å². The van der Waals surface area contributed by atoms with Gasteiger partial charge in [-0.15, -0.1) is 0 Å². The van der Waals surface area contributed by atoms with Crippen molar-refractivity contribution in [3.63, 3.8) is 0 Å². The van der Waals surface area contributed by atoms with Crippen LogP contribution in [0.1, 0.15) is 24.1 Å². The van der Waals surface area contributed by atoms with Crippen molar-refractivity contribution in [1.82, 2.24) is 5.32 Å². The predicted molar refractivity (Wildman–Crippen MR) is 127 cm³/mol. The number of nitrogens with zero attached hydrogens (tertiary/aromatic N) is 1. The molecule has 1 aliphatic rings. The van der Waals surface area contributed by atoms with Crippen LogP contribution in [-0.4, -0.2) is 39.8 Å². The van der Waals surface area contributed by atoms with Gasteiger partial charge in [0.05, 0.1) is 17.5 Å². The van der Waals surface area contributed by atoms with Crippen LogP contribution < -0.4 is 19.1 Å². The maximum Gasteiger partial charge on any atom is 0.241 e. The van der Waals surface area contributed by atoms with Crippen LogP contribution in [0.2, 0.25) is 0 Å². The van der Waals surface area contributed by atoms with Crippen LogP contribution in [0.5, 0.6) is 11.5 Å². The Hall–Kier alpha value is -3.52. The van der Waals surface area contributed by atoms with E-state index in [9.17, 15) is 13.2 Å². The second-order valence-corrected chi connectivity index (χ2v) is 9.74.